The fraction of sp³-hybridized carbons (Fsp3) is 0.235. The monoisotopic (exact) mass is 282 g/mol. The zero-order chi connectivity index (χ0) is 15.4. The van der Waals surface area contributed by atoms with E-state index in [0.29, 0.717) is 5.56 Å². The molecule has 0 fully saturated rings. The molecule has 0 saturated carbocycles. The Morgan fingerprint density at radius 2 is 1.90 bits per heavy atom. The first kappa shape index (κ1) is 14.9. The number of nitrogens with zero attached hydrogens (tertiary/aromatic N) is 2. The van der Waals surface area contributed by atoms with Crippen molar-refractivity contribution in [3.63, 3.8) is 0 Å². The first-order valence-corrected chi connectivity index (χ1v) is 6.67. The lowest BCUT2D eigenvalue weighted by Crippen LogP contribution is -2.14. The summed E-state index contributed by atoms with van der Waals surface area (Å²) in [5.74, 6) is 0.735. The second-order valence-corrected chi connectivity index (χ2v) is 4.79. The molecule has 0 heterocycles. The van der Waals surface area contributed by atoms with Crippen LogP contribution in [0.4, 0.5) is 11.4 Å². The zero-order valence-electron chi connectivity index (χ0n) is 12.4. The number of nitriles is 1. The molecule has 0 aliphatic carbocycles. The SMILES string of the molecule is COc1ccccc1N(C)c1cc(C#N)ccc1C(C)O. The van der Waals surface area contributed by atoms with E-state index in [0.717, 1.165) is 22.7 Å². The molecular weight excluding hydrogens is 264 g/mol. The number of ether oxygens (including phenoxy) is 1. The smallest absolute Gasteiger partial charge is 0.142 e. The summed E-state index contributed by atoms with van der Waals surface area (Å²) in [5.41, 5.74) is 2.98. The molecule has 1 N–H and O–H groups in total. The highest BCUT2D eigenvalue weighted by molar-refractivity contribution is 5.72. The Balaban J connectivity index is 2.56. The lowest BCUT2D eigenvalue weighted by Gasteiger charge is -2.25. The summed E-state index contributed by atoms with van der Waals surface area (Å²) < 4.78 is 5.38. The van der Waals surface area contributed by atoms with E-state index >= 15 is 0 Å². The van der Waals surface area contributed by atoms with Gasteiger partial charge in [0.2, 0.25) is 0 Å². The summed E-state index contributed by atoms with van der Waals surface area (Å²) in [6.07, 6.45) is -0.620. The van der Waals surface area contributed by atoms with E-state index in [-0.39, 0.29) is 0 Å². The maximum atomic E-state index is 9.95. The molecule has 1 unspecified atom stereocenters. The molecule has 0 bridgehead atoms. The first-order valence-electron chi connectivity index (χ1n) is 6.67. The molecule has 4 nitrogen and oxygen atoms in total. The van der Waals surface area contributed by atoms with Crippen LogP contribution in [0.2, 0.25) is 0 Å². The van der Waals surface area contributed by atoms with Crippen molar-refractivity contribution in [1.82, 2.24) is 0 Å². The van der Waals surface area contributed by atoms with E-state index in [2.05, 4.69) is 6.07 Å². The molecule has 0 aliphatic rings. The van der Waals surface area contributed by atoms with E-state index in [4.69, 9.17) is 10.00 Å². The number of methoxy groups -OCH3 is 1. The highest BCUT2D eigenvalue weighted by atomic mass is 16.5. The Hall–Kier alpha value is -2.51. The summed E-state index contributed by atoms with van der Waals surface area (Å²) in [7, 11) is 3.51. The van der Waals surface area contributed by atoms with Crippen molar-refractivity contribution in [3.8, 4) is 11.8 Å². The predicted molar refractivity (Wildman–Crippen MR) is 82.8 cm³/mol. The third-order valence-electron chi connectivity index (χ3n) is 3.42. The van der Waals surface area contributed by atoms with Crippen LogP contribution in [0.1, 0.15) is 24.2 Å². The molecule has 108 valence electrons. The zero-order valence-corrected chi connectivity index (χ0v) is 12.4. The van der Waals surface area contributed by atoms with Crippen molar-refractivity contribution in [3.05, 3.63) is 53.6 Å². The lowest BCUT2D eigenvalue weighted by atomic mass is 10.0. The van der Waals surface area contributed by atoms with Gasteiger partial charge in [0.1, 0.15) is 5.75 Å². The first-order chi connectivity index (χ1) is 10.1. The molecule has 0 spiro atoms. The number of benzene rings is 2. The number of aliphatic hydroxyl groups excluding tert-OH is 1. The molecule has 0 aromatic heterocycles. The number of rotatable bonds is 4. The minimum Gasteiger partial charge on any atom is -0.495 e. The Morgan fingerprint density at radius 3 is 2.52 bits per heavy atom. The summed E-state index contributed by atoms with van der Waals surface area (Å²) in [6, 6.07) is 15.0. The van der Waals surface area contributed by atoms with Gasteiger partial charge in [-0.05, 0) is 31.2 Å². The maximum Gasteiger partial charge on any atom is 0.142 e. The topological polar surface area (TPSA) is 56.5 Å². The van der Waals surface area contributed by atoms with Crippen LogP contribution < -0.4 is 9.64 Å². The molecule has 2 aromatic rings. The summed E-state index contributed by atoms with van der Waals surface area (Å²) in [5, 5.41) is 19.0. The Labute approximate surface area is 124 Å². The largest absolute Gasteiger partial charge is 0.495 e. The predicted octanol–water partition coefficient (Wildman–Crippen LogP) is 3.39. The second-order valence-electron chi connectivity index (χ2n) is 4.79. The molecule has 2 rings (SSSR count). The van der Waals surface area contributed by atoms with E-state index in [9.17, 15) is 5.11 Å². The van der Waals surface area contributed by atoms with Crippen LogP contribution in [-0.4, -0.2) is 19.3 Å². The average molecular weight is 282 g/mol. The summed E-state index contributed by atoms with van der Waals surface area (Å²) >= 11 is 0. The molecule has 4 heteroatoms. The molecular formula is C17H18N2O2. The average Bonchev–Trinajstić information content (AvgIpc) is 2.53. The minimum absolute atomic E-state index is 0.552. The lowest BCUT2D eigenvalue weighted by molar-refractivity contribution is 0.200. The van der Waals surface area contributed by atoms with Gasteiger partial charge in [0, 0.05) is 18.3 Å². The van der Waals surface area contributed by atoms with Crippen LogP contribution in [0, 0.1) is 11.3 Å². The van der Waals surface area contributed by atoms with Gasteiger partial charge >= 0.3 is 0 Å². The van der Waals surface area contributed by atoms with Crippen molar-refractivity contribution in [2.75, 3.05) is 19.1 Å². The molecule has 1 atom stereocenters. The quantitative estimate of drug-likeness (QED) is 0.934. The van der Waals surface area contributed by atoms with Crippen molar-refractivity contribution in [1.29, 1.82) is 5.26 Å². The van der Waals surface area contributed by atoms with E-state index in [1.54, 1.807) is 32.2 Å². The number of hydrogen-bond donors (Lipinski definition) is 1. The highest BCUT2D eigenvalue weighted by Crippen LogP contribution is 2.36. The molecule has 0 amide bonds. The fourth-order valence-electron chi connectivity index (χ4n) is 2.29. The number of para-hydroxylation sites is 2. The van der Waals surface area contributed by atoms with Gasteiger partial charge in [-0.2, -0.15) is 5.26 Å². The Bertz CT molecular complexity index is 675. The van der Waals surface area contributed by atoms with Gasteiger partial charge in [-0.15, -0.1) is 0 Å². The standard InChI is InChI=1S/C17H18N2O2/c1-12(20)14-9-8-13(11-18)10-16(14)19(2)15-6-4-5-7-17(15)21-3/h4-10,12,20H,1-3H3. The van der Waals surface area contributed by atoms with Crippen molar-refractivity contribution >= 4 is 11.4 Å². The molecule has 0 radical (unpaired) electrons. The van der Waals surface area contributed by atoms with Gasteiger partial charge < -0.3 is 14.7 Å². The normalized spacial score (nSPS) is 11.6. The van der Waals surface area contributed by atoms with E-state index in [1.165, 1.54) is 0 Å². The Kier molecular flexibility index (Phi) is 4.46. The van der Waals surface area contributed by atoms with Gasteiger partial charge in [-0.25, -0.2) is 0 Å². The van der Waals surface area contributed by atoms with E-state index in [1.807, 2.05) is 36.2 Å². The third-order valence-corrected chi connectivity index (χ3v) is 3.42. The van der Waals surface area contributed by atoms with Gasteiger partial charge in [0.05, 0.1) is 30.5 Å². The second kappa shape index (κ2) is 6.29. The van der Waals surface area contributed by atoms with Gasteiger partial charge in [-0.1, -0.05) is 18.2 Å². The summed E-state index contributed by atoms with van der Waals surface area (Å²) in [4.78, 5) is 1.92. The van der Waals surface area contributed by atoms with Gasteiger partial charge in [0.25, 0.3) is 0 Å². The van der Waals surface area contributed by atoms with Crippen molar-refractivity contribution < 1.29 is 9.84 Å². The van der Waals surface area contributed by atoms with Crippen molar-refractivity contribution in [2.24, 2.45) is 0 Å². The minimum atomic E-state index is -0.620. The van der Waals surface area contributed by atoms with Gasteiger partial charge in [0.15, 0.2) is 0 Å². The number of aliphatic hydroxyl groups is 1. The molecule has 0 saturated heterocycles. The van der Waals surface area contributed by atoms with Crippen LogP contribution in [0.15, 0.2) is 42.5 Å². The van der Waals surface area contributed by atoms with Crippen molar-refractivity contribution in [2.45, 2.75) is 13.0 Å². The van der Waals surface area contributed by atoms with Crippen LogP contribution >= 0.6 is 0 Å². The fourth-order valence-corrected chi connectivity index (χ4v) is 2.29. The molecule has 21 heavy (non-hydrogen) atoms. The number of anilines is 2. The van der Waals surface area contributed by atoms with Crippen LogP contribution in [-0.2, 0) is 0 Å². The number of hydrogen-bond acceptors (Lipinski definition) is 4. The Morgan fingerprint density at radius 1 is 1.19 bits per heavy atom. The van der Waals surface area contributed by atoms with Crippen LogP contribution in [0.5, 0.6) is 5.75 Å². The van der Waals surface area contributed by atoms with Crippen LogP contribution in [0.25, 0.3) is 0 Å². The third kappa shape index (κ3) is 2.99. The van der Waals surface area contributed by atoms with Gasteiger partial charge in [-0.3, -0.25) is 0 Å². The van der Waals surface area contributed by atoms with E-state index < -0.39 is 6.10 Å². The summed E-state index contributed by atoms with van der Waals surface area (Å²) in [6.45, 7) is 1.71. The maximum absolute atomic E-state index is 9.95. The highest BCUT2D eigenvalue weighted by Gasteiger charge is 2.16. The molecule has 0 aliphatic heterocycles. The molecule has 2 aromatic carbocycles. The van der Waals surface area contributed by atoms with Crippen LogP contribution in [0.3, 0.4) is 0 Å².